The molecule has 2 N–H and O–H groups in total. The molecule has 1 aliphatic heterocycles. The van der Waals surface area contributed by atoms with E-state index in [2.05, 4.69) is 52.5 Å². The molecule has 6 heteroatoms. The first-order chi connectivity index (χ1) is 13.8. The average Bonchev–Trinajstić information content (AvgIpc) is 3.23. The van der Waals surface area contributed by atoms with Crippen molar-refractivity contribution in [2.45, 2.75) is 32.0 Å². The summed E-state index contributed by atoms with van der Waals surface area (Å²) in [5.74, 6) is 1.41. The number of guanidine groups is 1. The van der Waals surface area contributed by atoms with Crippen LogP contribution in [-0.4, -0.2) is 54.9 Å². The normalized spacial score (nSPS) is 17.7. The second-order valence-electron chi connectivity index (χ2n) is 7.19. The molecule has 1 heterocycles. The minimum absolute atomic E-state index is 0. The number of hydrogen-bond acceptors (Lipinski definition) is 3. The van der Waals surface area contributed by atoms with Gasteiger partial charge in [-0.1, -0.05) is 60.7 Å². The molecule has 2 unspecified atom stereocenters. The number of likely N-dealkylation sites (tertiary alicyclic amines) is 1. The molecule has 0 spiro atoms. The van der Waals surface area contributed by atoms with Crippen molar-refractivity contribution in [3.8, 4) is 0 Å². The Hall–Kier alpha value is -1.64. The van der Waals surface area contributed by atoms with E-state index < -0.39 is 6.10 Å². The maximum absolute atomic E-state index is 10.2. The van der Waals surface area contributed by atoms with Crippen LogP contribution in [0.15, 0.2) is 65.7 Å². The van der Waals surface area contributed by atoms with Crippen molar-refractivity contribution >= 4 is 29.9 Å². The zero-order valence-electron chi connectivity index (χ0n) is 17.0. The van der Waals surface area contributed by atoms with Crippen molar-refractivity contribution in [2.75, 3.05) is 32.8 Å². The summed E-state index contributed by atoms with van der Waals surface area (Å²) in [5.41, 5.74) is 2.49. The number of rotatable bonds is 8. The maximum atomic E-state index is 10.2. The molecule has 0 aromatic heterocycles. The third kappa shape index (κ3) is 7.60. The van der Waals surface area contributed by atoms with Crippen LogP contribution in [-0.2, 0) is 11.3 Å². The number of halogens is 1. The van der Waals surface area contributed by atoms with Crippen LogP contribution in [0.2, 0.25) is 0 Å². The van der Waals surface area contributed by atoms with Gasteiger partial charge in [-0.25, -0.2) is 0 Å². The second kappa shape index (κ2) is 12.8. The quantitative estimate of drug-likeness (QED) is 0.324. The number of aliphatic hydroxyl groups excluding tert-OH is 1. The number of aliphatic hydroxyl groups is 1. The van der Waals surface area contributed by atoms with Crippen molar-refractivity contribution < 1.29 is 9.84 Å². The van der Waals surface area contributed by atoms with Crippen molar-refractivity contribution in [1.29, 1.82) is 0 Å². The number of nitrogens with one attached hydrogen (secondary N) is 1. The predicted octanol–water partition coefficient (Wildman–Crippen LogP) is 3.64. The average molecular weight is 509 g/mol. The molecule has 1 saturated heterocycles. The highest BCUT2D eigenvalue weighted by atomic mass is 127. The molecule has 0 bridgehead atoms. The SMILES string of the molecule is CCNC(=NCC(O)COCc1ccccc1)N1CCC(c2ccccc2)C1.I. The van der Waals surface area contributed by atoms with E-state index in [1.807, 2.05) is 30.3 Å². The van der Waals surface area contributed by atoms with Gasteiger partial charge in [0.05, 0.1) is 25.9 Å². The molecule has 3 rings (SSSR count). The number of hydrogen-bond donors (Lipinski definition) is 2. The van der Waals surface area contributed by atoms with Crippen LogP contribution in [0.5, 0.6) is 0 Å². The molecule has 0 saturated carbocycles. The maximum Gasteiger partial charge on any atom is 0.194 e. The van der Waals surface area contributed by atoms with Crippen LogP contribution >= 0.6 is 24.0 Å². The molecular formula is C23H32IN3O2. The number of nitrogens with zero attached hydrogens (tertiary/aromatic N) is 2. The lowest BCUT2D eigenvalue weighted by molar-refractivity contribution is 0.0330. The summed E-state index contributed by atoms with van der Waals surface area (Å²) in [6.07, 6.45) is 0.516. The molecule has 2 aromatic carbocycles. The van der Waals surface area contributed by atoms with Gasteiger partial charge >= 0.3 is 0 Å². The minimum Gasteiger partial charge on any atom is -0.389 e. The van der Waals surface area contributed by atoms with Crippen LogP contribution < -0.4 is 5.32 Å². The van der Waals surface area contributed by atoms with Crippen LogP contribution in [0, 0.1) is 0 Å². The molecule has 0 radical (unpaired) electrons. The number of ether oxygens (including phenoxy) is 1. The first kappa shape index (κ1) is 23.6. The van der Waals surface area contributed by atoms with Gasteiger partial charge in [0, 0.05) is 25.6 Å². The van der Waals surface area contributed by atoms with E-state index in [4.69, 9.17) is 4.74 Å². The molecule has 1 aliphatic rings. The zero-order chi connectivity index (χ0) is 19.6. The first-order valence-electron chi connectivity index (χ1n) is 10.1. The van der Waals surface area contributed by atoms with Gasteiger partial charge in [-0.3, -0.25) is 4.99 Å². The smallest absolute Gasteiger partial charge is 0.194 e. The third-order valence-electron chi connectivity index (χ3n) is 4.97. The summed E-state index contributed by atoms with van der Waals surface area (Å²) in [7, 11) is 0. The topological polar surface area (TPSA) is 57.1 Å². The summed E-state index contributed by atoms with van der Waals surface area (Å²) >= 11 is 0. The molecule has 0 amide bonds. The van der Waals surface area contributed by atoms with Crippen molar-refractivity contribution in [3.05, 3.63) is 71.8 Å². The summed E-state index contributed by atoms with van der Waals surface area (Å²) in [4.78, 5) is 6.94. The fourth-order valence-corrected chi connectivity index (χ4v) is 3.51. The van der Waals surface area contributed by atoms with E-state index in [0.717, 1.165) is 37.6 Å². The first-order valence-corrected chi connectivity index (χ1v) is 10.1. The van der Waals surface area contributed by atoms with Crippen LogP contribution in [0.25, 0.3) is 0 Å². The molecule has 158 valence electrons. The van der Waals surface area contributed by atoms with Crippen LogP contribution in [0.4, 0.5) is 0 Å². The van der Waals surface area contributed by atoms with Crippen molar-refractivity contribution in [2.24, 2.45) is 4.99 Å². The number of aliphatic imine (C=N–C) groups is 1. The third-order valence-corrected chi connectivity index (χ3v) is 4.97. The molecule has 29 heavy (non-hydrogen) atoms. The molecule has 5 nitrogen and oxygen atoms in total. The van der Waals surface area contributed by atoms with E-state index in [1.54, 1.807) is 0 Å². The monoisotopic (exact) mass is 509 g/mol. The Morgan fingerprint density at radius 1 is 1.17 bits per heavy atom. The summed E-state index contributed by atoms with van der Waals surface area (Å²) in [5, 5.41) is 13.6. The van der Waals surface area contributed by atoms with E-state index in [0.29, 0.717) is 19.1 Å². The van der Waals surface area contributed by atoms with Gasteiger partial charge in [0.1, 0.15) is 0 Å². The fraction of sp³-hybridized carbons (Fsp3) is 0.435. The van der Waals surface area contributed by atoms with E-state index in [9.17, 15) is 5.11 Å². The van der Waals surface area contributed by atoms with Gasteiger partial charge in [0.15, 0.2) is 5.96 Å². The summed E-state index contributed by atoms with van der Waals surface area (Å²) < 4.78 is 5.62. The highest BCUT2D eigenvalue weighted by Crippen LogP contribution is 2.26. The highest BCUT2D eigenvalue weighted by Gasteiger charge is 2.26. The van der Waals surface area contributed by atoms with Gasteiger partial charge < -0.3 is 20.1 Å². The Labute approximate surface area is 191 Å². The van der Waals surface area contributed by atoms with Gasteiger partial charge in [-0.2, -0.15) is 0 Å². The molecule has 2 aromatic rings. The van der Waals surface area contributed by atoms with Crippen LogP contribution in [0.3, 0.4) is 0 Å². The standard InChI is InChI=1S/C23H31N3O2.HI/c1-2-24-23(26-14-13-21(16-26)20-11-7-4-8-12-20)25-15-22(27)18-28-17-19-9-5-3-6-10-19;/h3-12,21-22,27H,2,13-18H2,1H3,(H,24,25);1H. The Morgan fingerprint density at radius 3 is 2.55 bits per heavy atom. The predicted molar refractivity (Wildman–Crippen MR) is 129 cm³/mol. The van der Waals surface area contributed by atoms with E-state index >= 15 is 0 Å². The zero-order valence-corrected chi connectivity index (χ0v) is 19.4. The Bertz CT molecular complexity index is 727. The Balaban J connectivity index is 0.00000300. The largest absolute Gasteiger partial charge is 0.389 e. The molecular weight excluding hydrogens is 477 g/mol. The summed E-state index contributed by atoms with van der Waals surface area (Å²) in [6.45, 7) is 5.94. The lowest BCUT2D eigenvalue weighted by Crippen LogP contribution is -2.40. The van der Waals surface area contributed by atoms with E-state index in [1.165, 1.54) is 5.56 Å². The van der Waals surface area contributed by atoms with Gasteiger partial charge in [0.2, 0.25) is 0 Å². The highest BCUT2D eigenvalue weighted by molar-refractivity contribution is 14.0. The lowest BCUT2D eigenvalue weighted by Gasteiger charge is -2.22. The molecule has 1 fully saturated rings. The fourth-order valence-electron chi connectivity index (χ4n) is 3.51. The van der Waals surface area contributed by atoms with Gasteiger partial charge in [-0.15, -0.1) is 24.0 Å². The van der Waals surface area contributed by atoms with Crippen molar-refractivity contribution in [3.63, 3.8) is 0 Å². The van der Waals surface area contributed by atoms with Gasteiger partial charge in [0.25, 0.3) is 0 Å². The molecule has 2 atom stereocenters. The van der Waals surface area contributed by atoms with Crippen molar-refractivity contribution in [1.82, 2.24) is 10.2 Å². The second-order valence-corrected chi connectivity index (χ2v) is 7.19. The van der Waals surface area contributed by atoms with Crippen LogP contribution in [0.1, 0.15) is 30.4 Å². The van der Waals surface area contributed by atoms with Gasteiger partial charge in [-0.05, 0) is 24.5 Å². The lowest BCUT2D eigenvalue weighted by atomic mass is 9.99. The summed E-state index contributed by atoms with van der Waals surface area (Å²) in [6, 6.07) is 20.7. The number of benzene rings is 2. The molecule has 0 aliphatic carbocycles. The Kier molecular flexibility index (Phi) is 10.5. The minimum atomic E-state index is -0.607. The van der Waals surface area contributed by atoms with E-state index in [-0.39, 0.29) is 30.6 Å². The Morgan fingerprint density at radius 2 is 1.86 bits per heavy atom.